The summed E-state index contributed by atoms with van der Waals surface area (Å²) in [5.41, 5.74) is 0. The second-order valence-corrected chi connectivity index (χ2v) is 6.32. The number of methoxy groups -OCH3 is 1. The van der Waals surface area contributed by atoms with Crippen LogP contribution in [0.4, 0.5) is 4.39 Å². The molecular weight excluding hydrogens is 263 g/mol. The molecule has 0 radical (unpaired) electrons. The molecule has 0 aromatic heterocycles. The number of fused-ring (bicyclic) bond motifs is 2. The van der Waals surface area contributed by atoms with E-state index >= 15 is 0 Å². The van der Waals surface area contributed by atoms with Gasteiger partial charge in [-0.1, -0.05) is 19.3 Å². The van der Waals surface area contributed by atoms with Gasteiger partial charge in [-0.2, -0.15) is 0 Å². The summed E-state index contributed by atoms with van der Waals surface area (Å²) >= 11 is 0. The predicted molar refractivity (Wildman–Crippen MR) is 71.0 cm³/mol. The second-order valence-electron chi connectivity index (χ2n) is 6.32. The van der Waals surface area contributed by atoms with E-state index in [-0.39, 0.29) is 6.10 Å². The van der Waals surface area contributed by atoms with Gasteiger partial charge in [0, 0.05) is 13.5 Å². The quantitative estimate of drug-likeness (QED) is 0.779. The zero-order chi connectivity index (χ0) is 14.1. The van der Waals surface area contributed by atoms with Crippen LogP contribution in [-0.2, 0) is 18.9 Å². The largest absolute Gasteiger partial charge is 0.376 e. The van der Waals surface area contributed by atoms with Crippen molar-refractivity contribution < 1.29 is 23.3 Å². The van der Waals surface area contributed by atoms with Gasteiger partial charge in [0.15, 0.2) is 5.79 Å². The molecule has 20 heavy (non-hydrogen) atoms. The summed E-state index contributed by atoms with van der Waals surface area (Å²) in [4.78, 5) is 0. The minimum absolute atomic E-state index is 0.309. The molecule has 0 spiro atoms. The van der Waals surface area contributed by atoms with Crippen LogP contribution in [0.25, 0.3) is 0 Å². The van der Waals surface area contributed by atoms with Crippen LogP contribution in [0.5, 0.6) is 0 Å². The van der Waals surface area contributed by atoms with Crippen LogP contribution in [0.15, 0.2) is 0 Å². The summed E-state index contributed by atoms with van der Waals surface area (Å²) in [7, 11) is 1.57. The fourth-order valence-electron chi connectivity index (χ4n) is 3.67. The topological polar surface area (TPSA) is 36.9 Å². The average molecular weight is 288 g/mol. The minimum atomic E-state index is -1.25. The van der Waals surface area contributed by atoms with Crippen molar-refractivity contribution in [2.24, 2.45) is 5.92 Å². The molecule has 4 nitrogen and oxygen atoms in total. The molecule has 3 aliphatic rings. The first-order valence-corrected chi connectivity index (χ1v) is 7.79. The van der Waals surface area contributed by atoms with Crippen LogP contribution < -0.4 is 0 Å². The molecule has 2 bridgehead atoms. The van der Waals surface area contributed by atoms with Gasteiger partial charge in [0.05, 0.1) is 6.61 Å². The Hall–Kier alpha value is -0.230. The Morgan fingerprint density at radius 3 is 2.70 bits per heavy atom. The lowest BCUT2D eigenvalue weighted by atomic mass is 9.90. The summed E-state index contributed by atoms with van der Waals surface area (Å²) in [5.74, 6) is -1.39. The third kappa shape index (κ3) is 2.61. The summed E-state index contributed by atoms with van der Waals surface area (Å²) in [5, 5.41) is 0. The Morgan fingerprint density at radius 2 is 2.00 bits per heavy atom. The third-order valence-corrected chi connectivity index (χ3v) is 4.95. The molecule has 2 aliphatic heterocycles. The first-order valence-electron chi connectivity index (χ1n) is 7.79. The molecule has 116 valence electrons. The van der Waals surface area contributed by atoms with E-state index in [1.807, 2.05) is 0 Å². The number of rotatable bonds is 5. The molecule has 0 aromatic rings. The van der Waals surface area contributed by atoms with Crippen LogP contribution in [0, 0.1) is 5.92 Å². The van der Waals surface area contributed by atoms with Crippen molar-refractivity contribution in [1.29, 1.82) is 0 Å². The summed E-state index contributed by atoms with van der Waals surface area (Å²) in [6, 6.07) is 0. The second kappa shape index (κ2) is 5.87. The van der Waals surface area contributed by atoms with Crippen molar-refractivity contribution in [2.45, 2.75) is 62.6 Å². The van der Waals surface area contributed by atoms with Crippen LogP contribution in [0.1, 0.15) is 44.9 Å². The average Bonchev–Trinajstić information content (AvgIpc) is 2.82. The zero-order valence-electron chi connectivity index (χ0n) is 12.2. The molecule has 2 saturated heterocycles. The fraction of sp³-hybridized carbons (Fsp3) is 1.00. The normalized spacial score (nSPS) is 42.0. The molecular formula is C15H25FO4. The van der Waals surface area contributed by atoms with Crippen LogP contribution >= 0.6 is 0 Å². The summed E-state index contributed by atoms with van der Waals surface area (Å²) in [6.45, 7) is 0.312. The molecule has 1 saturated carbocycles. The number of ether oxygens (including phenoxy) is 4. The lowest BCUT2D eigenvalue weighted by Crippen LogP contribution is -2.54. The molecule has 3 fully saturated rings. The van der Waals surface area contributed by atoms with E-state index in [1.165, 1.54) is 32.1 Å². The maximum atomic E-state index is 13.4. The highest BCUT2D eigenvalue weighted by Crippen LogP contribution is 2.45. The Balaban J connectivity index is 1.59. The number of alkyl halides is 1. The molecule has 1 aliphatic carbocycles. The van der Waals surface area contributed by atoms with E-state index in [1.54, 1.807) is 7.11 Å². The fourth-order valence-corrected chi connectivity index (χ4v) is 3.67. The number of hydrogen-bond acceptors (Lipinski definition) is 4. The van der Waals surface area contributed by atoms with Crippen molar-refractivity contribution in [3.63, 3.8) is 0 Å². The van der Waals surface area contributed by atoms with E-state index < -0.39 is 18.2 Å². The monoisotopic (exact) mass is 288 g/mol. The summed E-state index contributed by atoms with van der Waals surface area (Å²) < 4.78 is 36.2. The minimum Gasteiger partial charge on any atom is -0.376 e. The van der Waals surface area contributed by atoms with E-state index in [2.05, 4.69) is 0 Å². The van der Waals surface area contributed by atoms with Gasteiger partial charge in [0.25, 0.3) is 0 Å². The van der Waals surface area contributed by atoms with Gasteiger partial charge in [-0.25, -0.2) is 4.39 Å². The van der Waals surface area contributed by atoms with Crippen LogP contribution in [-0.4, -0.2) is 44.7 Å². The highest BCUT2D eigenvalue weighted by molar-refractivity contribution is 4.96. The van der Waals surface area contributed by atoms with Gasteiger partial charge >= 0.3 is 0 Å². The molecule has 0 aromatic carbocycles. The standard InChI is InChI=1S/C15H25FO4/c1-17-13-7-8-14(11-19-15(13,10-16)20-14)18-9-12-5-3-2-4-6-12/h12-13H,2-11H2,1H3/t13-,14-,15?/m1/s1. The molecule has 0 amide bonds. The van der Waals surface area contributed by atoms with Gasteiger partial charge in [-0.3, -0.25) is 0 Å². The number of hydrogen-bond donors (Lipinski definition) is 0. The highest BCUT2D eigenvalue weighted by Gasteiger charge is 2.60. The van der Waals surface area contributed by atoms with Gasteiger partial charge in [0.1, 0.15) is 19.4 Å². The highest BCUT2D eigenvalue weighted by atomic mass is 19.1. The molecule has 2 heterocycles. The Morgan fingerprint density at radius 1 is 1.20 bits per heavy atom. The predicted octanol–water partition coefficient (Wildman–Crippen LogP) is 2.80. The number of halogens is 1. The van der Waals surface area contributed by atoms with Crippen molar-refractivity contribution in [3.8, 4) is 0 Å². The molecule has 5 heteroatoms. The van der Waals surface area contributed by atoms with Crippen molar-refractivity contribution in [3.05, 3.63) is 0 Å². The Labute approximate surface area is 119 Å². The van der Waals surface area contributed by atoms with Crippen molar-refractivity contribution in [1.82, 2.24) is 0 Å². The van der Waals surface area contributed by atoms with E-state index in [0.717, 1.165) is 0 Å². The third-order valence-electron chi connectivity index (χ3n) is 4.95. The summed E-state index contributed by atoms with van der Waals surface area (Å²) in [6.07, 6.45) is 7.45. The van der Waals surface area contributed by atoms with E-state index in [9.17, 15) is 4.39 Å². The first kappa shape index (κ1) is 14.7. The SMILES string of the molecule is CO[C@@H]1CC[C@]2(OCC3CCCCC3)COC1(CF)O2. The van der Waals surface area contributed by atoms with E-state index in [4.69, 9.17) is 18.9 Å². The van der Waals surface area contributed by atoms with Gasteiger partial charge in [0.2, 0.25) is 5.79 Å². The van der Waals surface area contributed by atoms with Gasteiger partial charge < -0.3 is 18.9 Å². The molecule has 3 atom stereocenters. The smallest absolute Gasteiger partial charge is 0.226 e. The van der Waals surface area contributed by atoms with Crippen molar-refractivity contribution in [2.75, 3.05) is 27.0 Å². The molecule has 3 rings (SSSR count). The van der Waals surface area contributed by atoms with Gasteiger partial charge in [-0.15, -0.1) is 0 Å². The zero-order valence-corrected chi connectivity index (χ0v) is 12.2. The molecule has 0 N–H and O–H groups in total. The van der Waals surface area contributed by atoms with E-state index in [0.29, 0.717) is 32.0 Å². The molecule has 1 unspecified atom stereocenters. The maximum Gasteiger partial charge on any atom is 0.226 e. The van der Waals surface area contributed by atoms with Gasteiger partial charge in [-0.05, 0) is 25.2 Å². The van der Waals surface area contributed by atoms with Crippen LogP contribution in [0.2, 0.25) is 0 Å². The van der Waals surface area contributed by atoms with Crippen LogP contribution in [0.3, 0.4) is 0 Å². The Kier molecular flexibility index (Phi) is 4.32. The van der Waals surface area contributed by atoms with Crippen molar-refractivity contribution >= 4 is 0 Å². The lowest BCUT2D eigenvalue weighted by molar-refractivity contribution is -0.329. The lowest BCUT2D eigenvalue weighted by Gasteiger charge is -2.41. The first-order chi connectivity index (χ1) is 9.72. The Bertz CT molecular complexity index is 330. The maximum absolute atomic E-state index is 13.4.